The van der Waals surface area contributed by atoms with E-state index in [1.165, 1.54) is 0 Å². The molecule has 0 aromatic carbocycles. The van der Waals surface area contributed by atoms with Crippen molar-refractivity contribution in [3.8, 4) is 0 Å². The SMILES string of the molecule is CN(C)c1n[c]c(Cl)c(N(C)C)n1. The number of aromatic nitrogens is 2. The molecule has 0 atom stereocenters. The number of nitrogens with zero attached hydrogens (tertiary/aromatic N) is 4. The van der Waals surface area contributed by atoms with Crippen LogP contribution >= 0.6 is 11.6 Å². The van der Waals surface area contributed by atoms with Crippen LogP contribution < -0.4 is 9.80 Å². The number of hydrogen-bond donors (Lipinski definition) is 0. The zero-order chi connectivity index (χ0) is 10.0. The summed E-state index contributed by atoms with van der Waals surface area (Å²) in [5, 5.41) is 0.440. The Morgan fingerprint density at radius 2 is 1.77 bits per heavy atom. The lowest BCUT2D eigenvalue weighted by atomic mass is 10.5. The van der Waals surface area contributed by atoms with Gasteiger partial charge in [0.1, 0.15) is 11.2 Å². The predicted molar refractivity (Wildman–Crippen MR) is 54.5 cm³/mol. The van der Waals surface area contributed by atoms with Crippen molar-refractivity contribution in [2.24, 2.45) is 0 Å². The Morgan fingerprint density at radius 3 is 2.23 bits per heavy atom. The molecule has 1 radical (unpaired) electrons. The number of rotatable bonds is 2. The van der Waals surface area contributed by atoms with Gasteiger partial charge in [0.2, 0.25) is 5.95 Å². The third-order valence-corrected chi connectivity index (χ3v) is 1.73. The highest BCUT2D eigenvalue weighted by Gasteiger charge is 2.08. The summed E-state index contributed by atoms with van der Waals surface area (Å²) in [5.74, 6) is 1.29. The van der Waals surface area contributed by atoms with E-state index >= 15 is 0 Å². The molecule has 0 fully saturated rings. The van der Waals surface area contributed by atoms with E-state index in [2.05, 4.69) is 16.2 Å². The average molecular weight is 200 g/mol. The molecule has 0 unspecified atom stereocenters. The van der Waals surface area contributed by atoms with Gasteiger partial charge in [-0.25, -0.2) is 4.98 Å². The van der Waals surface area contributed by atoms with E-state index in [0.29, 0.717) is 16.8 Å². The van der Waals surface area contributed by atoms with E-state index in [9.17, 15) is 0 Å². The smallest absolute Gasteiger partial charge is 0.227 e. The predicted octanol–water partition coefficient (Wildman–Crippen LogP) is 1.06. The van der Waals surface area contributed by atoms with Gasteiger partial charge in [-0.05, 0) is 0 Å². The van der Waals surface area contributed by atoms with Crippen LogP contribution in [0.4, 0.5) is 11.8 Å². The van der Waals surface area contributed by atoms with Gasteiger partial charge < -0.3 is 9.80 Å². The molecule has 13 heavy (non-hydrogen) atoms. The Bertz CT molecular complexity index is 298. The largest absolute Gasteiger partial charge is 0.361 e. The Kier molecular flexibility index (Phi) is 2.93. The maximum absolute atomic E-state index is 5.86. The topological polar surface area (TPSA) is 32.3 Å². The van der Waals surface area contributed by atoms with Crippen molar-refractivity contribution >= 4 is 23.4 Å². The quantitative estimate of drug-likeness (QED) is 0.713. The molecule has 0 N–H and O–H groups in total. The number of halogens is 1. The molecule has 1 aromatic heterocycles. The molecule has 0 aliphatic heterocycles. The van der Waals surface area contributed by atoms with Crippen LogP contribution in [0.5, 0.6) is 0 Å². The molecule has 1 aromatic rings. The summed E-state index contributed by atoms with van der Waals surface area (Å²) in [5.41, 5.74) is 0. The van der Waals surface area contributed by atoms with Crippen LogP contribution in [0.1, 0.15) is 0 Å². The van der Waals surface area contributed by atoms with E-state index in [1.807, 2.05) is 33.1 Å². The lowest BCUT2D eigenvalue weighted by molar-refractivity contribution is 0.965. The monoisotopic (exact) mass is 199 g/mol. The molecule has 0 aliphatic rings. The van der Waals surface area contributed by atoms with Gasteiger partial charge in [-0.1, -0.05) is 11.6 Å². The second kappa shape index (κ2) is 3.79. The fourth-order valence-corrected chi connectivity index (χ4v) is 1.07. The molecule has 71 valence electrons. The fraction of sp³-hybridized carbons (Fsp3) is 0.500. The minimum absolute atomic E-state index is 0.440. The first-order chi connectivity index (χ1) is 6.02. The molecular weight excluding hydrogens is 188 g/mol. The van der Waals surface area contributed by atoms with E-state index in [-0.39, 0.29) is 0 Å². The van der Waals surface area contributed by atoms with E-state index in [0.717, 1.165) is 0 Å². The lowest BCUT2D eigenvalue weighted by Gasteiger charge is -2.15. The Hall–Kier alpha value is -1.03. The van der Waals surface area contributed by atoms with Gasteiger partial charge in [0.25, 0.3) is 0 Å². The molecule has 0 saturated carbocycles. The maximum atomic E-state index is 5.86. The molecule has 0 saturated heterocycles. The summed E-state index contributed by atoms with van der Waals surface area (Å²) >= 11 is 5.86. The third kappa shape index (κ3) is 2.21. The molecule has 0 amide bonds. The van der Waals surface area contributed by atoms with Crippen LogP contribution in [0.3, 0.4) is 0 Å². The van der Waals surface area contributed by atoms with Gasteiger partial charge in [0.05, 0.1) is 0 Å². The molecule has 0 aliphatic carbocycles. The van der Waals surface area contributed by atoms with Gasteiger partial charge in [0, 0.05) is 28.2 Å². The summed E-state index contributed by atoms with van der Waals surface area (Å²) in [7, 11) is 7.50. The van der Waals surface area contributed by atoms with Gasteiger partial charge in [-0.2, -0.15) is 4.98 Å². The van der Waals surface area contributed by atoms with Gasteiger partial charge in [0.15, 0.2) is 5.82 Å². The minimum Gasteiger partial charge on any atom is -0.361 e. The Labute approximate surface area is 83.2 Å². The van der Waals surface area contributed by atoms with Crippen LogP contribution in [0.2, 0.25) is 5.02 Å². The number of hydrogen-bond acceptors (Lipinski definition) is 4. The fourth-order valence-electron chi connectivity index (χ4n) is 0.814. The molecule has 5 heteroatoms. The van der Waals surface area contributed by atoms with Crippen molar-refractivity contribution in [3.63, 3.8) is 0 Å². The van der Waals surface area contributed by atoms with Crippen molar-refractivity contribution in [2.45, 2.75) is 0 Å². The van der Waals surface area contributed by atoms with Crippen LogP contribution in [0.25, 0.3) is 0 Å². The van der Waals surface area contributed by atoms with Crippen LogP contribution in [0, 0.1) is 6.20 Å². The average Bonchev–Trinajstić information content (AvgIpc) is 2.04. The summed E-state index contributed by atoms with van der Waals surface area (Å²) in [6.45, 7) is 0. The van der Waals surface area contributed by atoms with Gasteiger partial charge in [-0.15, -0.1) is 0 Å². The van der Waals surface area contributed by atoms with Crippen molar-refractivity contribution < 1.29 is 0 Å². The lowest BCUT2D eigenvalue weighted by Crippen LogP contribution is -2.17. The highest BCUT2D eigenvalue weighted by molar-refractivity contribution is 6.32. The van der Waals surface area contributed by atoms with Crippen molar-refractivity contribution in [1.82, 2.24) is 9.97 Å². The molecule has 4 nitrogen and oxygen atoms in total. The first kappa shape index (κ1) is 10.1. The first-order valence-electron chi connectivity index (χ1n) is 3.82. The minimum atomic E-state index is 0.440. The van der Waals surface area contributed by atoms with Crippen molar-refractivity contribution in [1.29, 1.82) is 0 Å². The highest BCUT2D eigenvalue weighted by Crippen LogP contribution is 2.21. The van der Waals surface area contributed by atoms with Crippen molar-refractivity contribution in [3.05, 3.63) is 11.2 Å². The zero-order valence-corrected chi connectivity index (χ0v) is 8.92. The molecule has 0 spiro atoms. The Morgan fingerprint density at radius 1 is 1.15 bits per heavy atom. The zero-order valence-electron chi connectivity index (χ0n) is 8.17. The summed E-state index contributed by atoms with van der Waals surface area (Å²) in [4.78, 5) is 11.8. The second-order valence-electron chi connectivity index (χ2n) is 3.06. The van der Waals surface area contributed by atoms with Gasteiger partial charge >= 0.3 is 0 Å². The molecule has 1 rings (SSSR count). The Balaban J connectivity index is 3.11. The first-order valence-corrected chi connectivity index (χ1v) is 4.20. The molecule has 1 heterocycles. The van der Waals surface area contributed by atoms with Crippen LogP contribution in [-0.2, 0) is 0 Å². The van der Waals surface area contributed by atoms with Crippen LogP contribution in [0.15, 0.2) is 0 Å². The molecule has 0 bridgehead atoms. The number of anilines is 2. The maximum Gasteiger partial charge on any atom is 0.227 e. The van der Waals surface area contributed by atoms with E-state index in [1.54, 1.807) is 4.90 Å². The van der Waals surface area contributed by atoms with Crippen LogP contribution in [-0.4, -0.2) is 38.2 Å². The highest BCUT2D eigenvalue weighted by atomic mass is 35.5. The second-order valence-corrected chi connectivity index (χ2v) is 3.44. The molecular formula is C8H12ClN4. The normalized spacial score (nSPS) is 9.92. The van der Waals surface area contributed by atoms with E-state index in [4.69, 9.17) is 11.6 Å². The van der Waals surface area contributed by atoms with Crippen molar-refractivity contribution in [2.75, 3.05) is 38.0 Å². The summed E-state index contributed by atoms with van der Waals surface area (Å²) in [6.07, 6.45) is 2.70. The summed E-state index contributed by atoms with van der Waals surface area (Å²) < 4.78 is 0. The van der Waals surface area contributed by atoms with E-state index < -0.39 is 0 Å². The summed E-state index contributed by atoms with van der Waals surface area (Å²) in [6, 6.07) is 0. The standard InChI is InChI=1S/C8H12ClN4/c1-12(2)7-6(9)5-10-8(11-7)13(3)4/h1-4H3. The third-order valence-electron chi connectivity index (χ3n) is 1.48. The van der Waals surface area contributed by atoms with Gasteiger partial charge in [-0.3, -0.25) is 0 Å².